The average Bonchev–Trinajstić information content (AvgIpc) is 3.06. The van der Waals surface area contributed by atoms with E-state index in [0.29, 0.717) is 0 Å². The molecule has 0 atom stereocenters. The molecule has 0 fully saturated rings. The Balaban J connectivity index is 1.16. The van der Waals surface area contributed by atoms with Crippen LogP contribution in [0.25, 0.3) is 87.2 Å². The molecule has 0 radical (unpaired) electrons. The Morgan fingerprint density at radius 1 is 0.238 bits per heavy atom. The summed E-state index contributed by atoms with van der Waals surface area (Å²) in [6.45, 7) is 0. The summed E-state index contributed by atoms with van der Waals surface area (Å²) in [4.78, 5) is 0. The van der Waals surface area contributed by atoms with Gasteiger partial charge < -0.3 is 0 Å². The molecule has 0 aliphatic carbocycles. The molecular formula is C42H26. The van der Waals surface area contributed by atoms with Crippen molar-refractivity contribution in [3.63, 3.8) is 0 Å². The van der Waals surface area contributed by atoms with Crippen LogP contribution in [0.4, 0.5) is 0 Å². The minimum Gasteiger partial charge on any atom is -0.0616 e. The fraction of sp³-hybridized carbons (Fsp3) is 0. The number of fused-ring (bicyclic) bond motifs is 2. The van der Waals surface area contributed by atoms with Crippen molar-refractivity contribution >= 4 is 53.9 Å². The number of hydrogen-bond acceptors (Lipinski definition) is 0. The minimum absolute atomic E-state index is 1.23. The van der Waals surface area contributed by atoms with Crippen LogP contribution in [0.15, 0.2) is 158 Å². The van der Waals surface area contributed by atoms with Gasteiger partial charge in [-0.25, -0.2) is 0 Å². The van der Waals surface area contributed by atoms with Crippen LogP contribution >= 0.6 is 0 Å². The average molecular weight is 531 g/mol. The van der Waals surface area contributed by atoms with Crippen LogP contribution in [0.5, 0.6) is 0 Å². The van der Waals surface area contributed by atoms with Crippen molar-refractivity contribution in [2.75, 3.05) is 0 Å². The summed E-state index contributed by atoms with van der Waals surface area (Å²) >= 11 is 0. The van der Waals surface area contributed by atoms with Gasteiger partial charge in [-0.3, -0.25) is 0 Å². The van der Waals surface area contributed by atoms with Gasteiger partial charge in [0, 0.05) is 0 Å². The first-order valence-electron chi connectivity index (χ1n) is 14.6. The highest BCUT2D eigenvalue weighted by atomic mass is 14.2. The molecule has 0 aromatic heterocycles. The molecule has 0 saturated carbocycles. The van der Waals surface area contributed by atoms with Crippen molar-refractivity contribution in [1.29, 1.82) is 0 Å². The van der Waals surface area contributed by atoms with Crippen molar-refractivity contribution in [3.05, 3.63) is 158 Å². The number of hydrogen-bond donors (Lipinski definition) is 0. The SMILES string of the molecule is c1ccc2cc(-c3ccc(-c4ccc(-c5ccc6ccc7cccc8ccc5c6c78)cc4)c4ccccc34)ccc2c1. The van der Waals surface area contributed by atoms with Crippen molar-refractivity contribution in [2.24, 2.45) is 0 Å². The predicted molar refractivity (Wildman–Crippen MR) is 181 cm³/mol. The molecule has 0 spiro atoms. The molecule has 0 unspecified atom stereocenters. The van der Waals surface area contributed by atoms with Crippen LogP contribution in [-0.4, -0.2) is 0 Å². The standard InChI is InChI=1S/C42H26/c1-2-7-33-26-34(19-12-27(33)6-1)37-25-24-35(38-10-3-4-11-39(37)38)28-13-15-29(16-14-28)36-22-20-32-18-17-30-8-5-9-31-21-23-40(36)42(32)41(30)31/h1-26H. The van der Waals surface area contributed by atoms with Crippen LogP contribution in [0.2, 0.25) is 0 Å². The molecule has 9 aromatic rings. The van der Waals surface area contributed by atoms with E-state index >= 15 is 0 Å². The fourth-order valence-corrected chi connectivity index (χ4v) is 6.98. The van der Waals surface area contributed by atoms with E-state index in [4.69, 9.17) is 0 Å². The van der Waals surface area contributed by atoms with E-state index in [1.807, 2.05) is 0 Å². The summed E-state index contributed by atoms with van der Waals surface area (Å²) in [5.41, 5.74) is 7.54. The third-order valence-corrected chi connectivity index (χ3v) is 9.02. The summed E-state index contributed by atoms with van der Waals surface area (Å²) in [6, 6.07) is 58.1. The molecule has 0 saturated heterocycles. The number of benzene rings is 9. The molecule has 0 N–H and O–H groups in total. The van der Waals surface area contributed by atoms with E-state index in [0.717, 1.165) is 0 Å². The first-order chi connectivity index (χ1) is 20.8. The van der Waals surface area contributed by atoms with E-state index in [-0.39, 0.29) is 0 Å². The molecule has 0 bridgehead atoms. The first kappa shape index (κ1) is 23.3. The maximum atomic E-state index is 2.31. The second-order valence-corrected chi connectivity index (χ2v) is 11.3. The van der Waals surface area contributed by atoms with Crippen molar-refractivity contribution in [1.82, 2.24) is 0 Å². The first-order valence-corrected chi connectivity index (χ1v) is 14.6. The van der Waals surface area contributed by atoms with Gasteiger partial charge in [0.05, 0.1) is 0 Å². The Morgan fingerprint density at radius 2 is 0.690 bits per heavy atom. The van der Waals surface area contributed by atoms with Crippen molar-refractivity contribution in [3.8, 4) is 33.4 Å². The van der Waals surface area contributed by atoms with E-state index < -0.39 is 0 Å². The monoisotopic (exact) mass is 530 g/mol. The second-order valence-electron chi connectivity index (χ2n) is 11.3. The van der Waals surface area contributed by atoms with Gasteiger partial charge in [-0.1, -0.05) is 152 Å². The van der Waals surface area contributed by atoms with Gasteiger partial charge in [0.15, 0.2) is 0 Å². The lowest BCUT2D eigenvalue weighted by Crippen LogP contribution is -1.88. The Labute approximate surface area is 244 Å². The largest absolute Gasteiger partial charge is 0.0616 e. The molecule has 9 rings (SSSR count). The zero-order chi connectivity index (χ0) is 27.6. The van der Waals surface area contributed by atoms with Gasteiger partial charge >= 0.3 is 0 Å². The van der Waals surface area contributed by atoms with Crippen LogP contribution in [0.3, 0.4) is 0 Å². The topological polar surface area (TPSA) is 0 Å². The van der Waals surface area contributed by atoms with Crippen LogP contribution < -0.4 is 0 Å². The van der Waals surface area contributed by atoms with Gasteiger partial charge in [0.2, 0.25) is 0 Å². The van der Waals surface area contributed by atoms with Gasteiger partial charge in [-0.2, -0.15) is 0 Å². The summed E-state index contributed by atoms with van der Waals surface area (Å²) < 4.78 is 0. The van der Waals surface area contributed by atoms with Crippen LogP contribution in [-0.2, 0) is 0 Å². The Morgan fingerprint density at radius 3 is 1.40 bits per heavy atom. The van der Waals surface area contributed by atoms with E-state index in [9.17, 15) is 0 Å². The summed E-state index contributed by atoms with van der Waals surface area (Å²) in [5.74, 6) is 0. The maximum absolute atomic E-state index is 2.31. The molecule has 42 heavy (non-hydrogen) atoms. The predicted octanol–water partition coefficient (Wildman–Crippen LogP) is 11.9. The zero-order valence-electron chi connectivity index (χ0n) is 23.0. The summed E-state index contributed by atoms with van der Waals surface area (Å²) in [6.07, 6.45) is 0. The molecular weight excluding hydrogens is 504 g/mol. The Hall–Kier alpha value is -5.46. The lowest BCUT2D eigenvalue weighted by atomic mass is 9.88. The highest BCUT2D eigenvalue weighted by molar-refractivity contribution is 6.25. The highest BCUT2D eigenvalue weighted by Crippen LogP contribution is 2.41. The lowest BCUT2D eigenvalue weighted by molar-refractivity contribution is 1.62. The molecule has 0 aliphatic rings. The summed E-state index contributed by atoms with van der Waals surface area (Å²) in [7, 11) is 0. The minimum atomic E-state index is 1.23. The third kappa shape index (κ3) is 3.49. The Bertz CT molecular complexity index is 2430. The molecule has 194 valence electrons. The fourth-order valence-electron chi connectivity index (χ4n) is 6.98. The highest BCUT2D eigenvalue weighted by Gasteiger charge is 2.13. The summed E-state index contributed by atoms with van der Waals surface area (Å²) in [5, 5.41) is 13.0. The third-order valence-electron chi connectivity index (χ3n) is 9.02. The van der Waals surface area contributed by atoms with Gasteiger partial charge in [-0.05, 0) is 93.3 Å². The molecule has 0 heterocycles. The molecule has 0 nitrogen and oxygen atoms in total. The molecule has 9 aromatic carbocycles. The second kappa shape index (κ2) is 9.03. The molecule has 0 heteroatoms. The van der Waals surface area contributed by atoms with Crippen LogP contribution in [0.1, 0.15) is 0 Å². The smallest absolute Gasteiger partial charge is 0.00206 e. The van der Waals surface area contributed by atoms with Gasteiger partial charge in [0.1, 0.15) is 0 Å². The van der Waals surface area contributed by atoms with Gasteiger partial charge in [0.25, 0.3) is 0 Å². The van der Waals surface area contributed by atoms with Crippen molar-refractivity contribution in [2.45, 2.75) is 0 Å². The molecule has 0 aliphatic heterocycles. The molecule has 0 amide bonds. The Kier molecular flexibility index (Phi) is 5.00. The van der Waals surface area contributed by atoms with E-state index in [2.05, 4.69) is 158 Å². The lowest BCUT2D eigenvalue weighted by Gasteiger charge is -2.15. The normalized spacial score (nSPS) is 11.8. The van der Waals surface area contributed by atoms with E-state index in [1.54, 1.807) is 0 Å². The van der Waals surface area contributed by atoms with Crippen molar-refractivity contribution < 1.29 is 0 Å². The van der Waals surface area contributed by atoms with Crippen LogP contribution in [0, 0.1) is 0 Å². The van der Waals surface area contributed by atoms with Gasteiger partial charge in [-0.15, -0.1) is 0 Å². The zero-order valence-corrected chi connectivity index (χ0v) is 23.0. The van der Waals surface area contributed by atoms with E-state index in [1.165, 1.54) is 87.2 Å². The quantitative estimate of drug-likeness (QED) is 0.199. The number of rotatable bonds is 3. The maximum Gasteiger partial charge on any atom is -0.00206 e.